The standard InChI is InChI=1S/C16H16BN2O3S/c1-16(2,3)22-15(20)19-11-6-7-18-14(12-5-4-8-23-12)10(11)9-13(19)17-21/h4-9,21H,1-3H3. The first-order valence-electron chi connectivity index (χ1n) is 7.16. The van der Waals surface area contributed by atoms with Gasteiger partial charge in [-0.3, -0.25) is 9.55 Å². The summed E-state index contributed by atoms with van der Waals surface area (Å²) in [6.07, 6.45) is 1.12. The third-order valence-corrected chi connectivity index (χ3v) is 4.10. The van der Waals surface area contributed by atoms with Crippen LogP contribution in [0.2, 0.25) is 0 Å². The molecule has 1 radical (unpaired) electrons. The van der Waals surface area contributed by atoms with Crippen molar-refractivity contribution in [1.82, 2.24) is 9.55 Å². The van der Waals surface area contributed by atoms with E-state index in [0.29, 0.717) is 11.1 Å². The third kappa shape index (κ3) is 3.02. The third-order valence-electron chi connectivity index (χ3n) is 3.22. The van der Waals surface area contributed by atoms with E-state index in [4.69, 9.17) is 4.74 Å². The van der Waals surface area contributed by atoms with Crippen LogP contribution in [0.5, 0.6) is 0 Å². The summed E-state index contributed by atoms with van der Waals surface area (Å²) in [5, 5.41) is 12.3. The number of thiophene rings is 1. The van der Waals surface area contributed by atoms with Gasteiger partial charge in [0.25, 0.3) is 0 Å². The zero-order chi connectivity index (χ0) is 16.6. The first-order valence-corrected chi connectivity index (χ1v) is 8.04. The smallest absolute Gasteiger partial charge is 0.418 e. The van der Waals surface area contributed by atoms with Gasteiger partial charge in [-0.1, -0.05) is 6.07 Å². The summed E-state index contributed by atoms with van der Waals surface area (Å²) in [7, 11) is 0.905. The minimum atomic E-state index is -0.621. The molecule has 0 fully saturated rings. The van der Waals surface area contributed by atoms with Gasteiger partial charge in [0.05, 0.1) is 16.1 Å². The van der Waals surface area contributed by atoms with Gasteiger partial charge in [-0.2, -0.15) is 0 Å². The molecule has 0 aromatic carbocycles. The van der Waals surface area contributed by atoms with Crippen molar-refractivity contribution in [1.29, 1.82) is 0 Å². The van der Waals surface area contributed by atoms with Crippen LogP contribution in [0, 0.1) is 0 Å². The van der Waals surface area contributed by atoms with Crippen LogP contribution in [0.25, 0.3) is 21.5 Å². The predicted octanol–water partition coefficient (Wildman–Crippen LogP) is 2.78. The predicted molar refractivity (Wildman–Crippen MR) is 92.3 cm³/mol. The SMILES string of the molecule is CC(C)(C)OC(=O)n1c([B]O)cc2c(-c3cccs3)nccc21. The van der Waals surface area contributed by atoms with Crippen LogP contribution in [0.15, 0.2) is 35.8 Å². The maximum absolute atomic E-state index is 12.5. The Hall–Kier alpha value is -2.12. The summed E-state index contributed by atoms with van der Waals surface area (Å²) in [5.74, 6) is 0. The van der Waals surface area contributed by atoms with Gasteiger partial charge in [0.1, 0.15) is 5.60 Å². The number of hydrogen-bond acceptors (Lipinski definition) is 5. The molecule has 0 aliphatic heterocycles. The topological polar surface area (TPSA) is 64.3 Å². The molecular weight excluding hydrogens is 311 g/mol. The maximum atomic E-state index is 12.5. The molecule has 23 heavy (non-hydrogen) atoms. The lowest BCUT2D eigenvalue weighted by atomic mass is 9.96. The highest BCUT2D eigenvalue weighted by atomic mass is 32.1. The molecule has 5 nitrogen and oxygen atoms in total. The Kier molecular flexibility index (Phi) is 4.00. The van der Waals surface area contributed by atoms with Gasteiger partial charge in [-0.25, -0.2) is 4.79 Å². The van der Waals surface area contributed by atoms with Crippen molar-refractivity contribution in [3.05, 3.63) is 35.8 Å². The number of fused-ring (bicyclic) bond motifs is 1. The van der Waals surface area contributed by atoms with Crippen molar-refractivity contribution in [2.75, 3.05) is 0 Å². The number of hydrogen-bond donors (Lipinski definition) is 1. The fourth-order valence-electron chi connectivity index (χ4n) is 2.37. The molecule has 0 saturated heterocycles. The van der Waals surface area contributed by atoms with Crippen LogP contribution < -0.4 is 5.59 Å². The van der Waals surface area contributed by atoms with Crippen LogP contribution in [-0.4, -0.2) is 33.8 Å². The lowest BCUT2D eigenvalue weighted by Gasteiger charge is -2.20. The van der Waals surface area contributed by atoms with E-state index in [1.807, 2.05) is 17.5 Å². The summed E-state index contributed by atoms with van der Waals surface area (Å²) < 4.78 is 6.80. The Bertz CT molecular complexity index is 850. The number of carbonyl (C=O) groups is 1. The van der Waals surface area contributed by atoms with Crippen molar-refractivity contribution in [2.45, 2.75) is 26.4 Å². The minimum Gasteiger partial charge on any atom is -0.449 e. The van der Waals surface area contributed by atoms with Crippen LogP contribution in [-0.2, 0) is 4.74 Å². The molecule has 117 valence electrons. The van der Waals surface area contributed by atoms with E-state index < -0.39 is 11.7 Å². The molecule has 0 aliphatic rings. The van der Waals surface area contributed by atoms with Crippen LogP contribution in [0.4, 0.5) is 4.79 Å². The van der Waals surface area contributed by atoms with Gasteiger partial charge in [-0.05, 0) is 44.4 Å². The Balaban J connectivity index is 2.19. The Morgan fingerprint density at radius 3 is 2.78 bits per heavy atom. The van der Waals surface area contributed by atoms with Gasteiger partial charge >= 0.3 is 13.6 Å². The molecule has 3 heterocycles. The Morgan fingerprint density at radius 1 is 1.39 bits per heavy atom. The molecule has 0 atom stereocenters. The molecule has 0 aliphatic carbocycles. The zero-order valence-electron chi connectivity index (χ0n) is 13.1. The maximum Gasteiger partial charge on any atom is 0.418 e. The molecule has 0 spiro atoms. The number of nitrogens with zero attached hydrogens (tertiary/aromatic N) is 2. The molecule has 0 unspecified atom stereocenters. The first kappa shape index (κ1) is 15.8. The zero-order valence-corrected chi connectivity index (χ0v) is 13.9. The molecular formula is C16H16BN2O3S. The van der Waals surface area contributed by atoms with E-state index in [0.717, 1.165) is 23.4 Å². The number of carbonyl (C=O) groups excluding carboxylic acids is 1. The molecule has 3 rings (SSSR count). The largest absolute Gasteiger partial charge is 0.449 e. The van der Waals surface area contributed by atoms with Crippen molar-refractivity contribution < 1.29 is 14.6 Å². The number of rotatable bonds is 2. The number of pyridine rings is 1. The normalized spacial score (nSPS) is 11.7. The second kappa shape index (κ2) is 5.83. The first-order chi connectivity index (χ1) is 10.9. The number of ether oxygens (including phenoxy) is 1. The van der Waals surface area contributed by atoms with Crippen LogP contribution in [0.1, 0.15) is 20.8 Å². The molecule has 0 saturated carbocycles. The minimum absolute atomic E-state index is 0.361. The van der Waals surface area contributed by atoms with Crippen molar-refractivity contribution in [3.63, 3.8) is 0 Å². The van der Waals surface area contributed by atoms with E-state index in [1.54, 1.807) is 50.4 Å². The molecule has 3 aromatic heterocycles. The van der Waals surface area contributed by atoms with Crippen LogP contribution in [0.3, 0.4) is 0 Å². The summed E-state index contributed by atoms with van der Waals surface area (Å²) in [6.45, 7) is 5.41. The van der Waals surface area contributed by atoms with Crippen LogP contribution >= 0.6 is 11.3 Å². The highest BCUT2D eigenvalue weighted by Crippen LogP contribution is 2.30. The summed E-state index contributed by atoms with van der Waals surface area (Å²) >= 11 is 1.57. The van der Waals surface area contributed by atoms with Gasteiger partial charge in [0, 0.05) is 17.2 Å². The number of aromatic nitrogens is 2. The summed E-state index contributed by atoms with van der Waals surface area (Å²) in [6, 6.07) is 7.40. The highest BCUT2D eigenvalue weighted by Gasteiger charge is 2.23. The fraction of sp³-hybridized carbons (Fsp3) is 0.250. The van der Waals surface area contributed by atoms with E-state index in [9.17, 15) is 9.82 Å². The summed E-state index contributed by atoms with van der Waals surface area (Å²) in [5.41, 5.74) is 1.17. The Morgan fingerprint density at radius 2 is 2.17 bits per heavy atom. The second-order valence-electron chi connectivity index (χ2n) is 6.08. The van der Waals surface area contributed by atoms with Gasteiger partial charge in [0.15, 0.2) is 0 Å². The average Bonchev–Trinajstić information content (AvgIpc) is 3.11. The highest BCUT2D eigenvalue weighted by molar-refractivity contribution is 7.13. The molecule has 0 bridgehead atoms. The van der Waals surface area contributed by atoms with Gasteiger partial charge < -0.3 is 9.76 Å². The quantitative estimate of drug-likeness (QED) is 0.735. The second-order valence-corrected chi connectivity index (χ2v) is 7.03. The molecule has 1 N–H and O–H groups in total. The Labute approximate surface area is 138 Å². The molecule has 0 amide bonds. The van der Waals surface area contributed by atoms with Crippen molar-refractivity contribution >= 4 is 41.4 Å². The molecule has 3 aromatic rings. The lowest BCUT2D eigenvalue weighted by Crippen LogP contribution is -2.34. The average molecular weight is 327 g/mol. The van der Waals surface area contributed by atoms with E-state index in [2.05, 4.69) is 4.98 Å². The fourth-order valence-corrected chi connectivity index (χ4v) is 3.10. The summed E-state index contributed by atoms with van der Waals surface area (Å²) in [4.78, 5) is 17.9. The van der Waals surface area contributed by atoms with E-state index in [-0.39, 0.29) is 0 Å². The van der Waals surface area contributed by atoms with Gasteiger partial charge in [-0.15, -0.1) is 11.3 Å². The van der Waals surface area contributed by atoms with E-state index >= 15 is 0 Å². The monoisotopic (exact) mass is 327 g/mol. The molecule has 7 heteroatoms. The lowest BCUT2D eigenvalue weighted by molar-refractivity contribution is 0.0549. The van der Waals surface area contributed by atoms with Crippen molar-refractivity contribution in [3.8, 4) is 10.6 Å². The van der Waals surface area contributed by atoms with Gasteiger partial charge in [0.2, 0.25) is 0 Å². The van der Waals surface area contributed by atoms with Crippen molar-refractivity contribution in [2.24, 2.45) is 0 Å². The van der Waals surface area contributed by atoms with E-state index in [1.165, 1.54) is 4.57 Å².